The molecular formula is C15H20BrF2NO. The Morgan fingerprint density at radius 1 is 1.30 bits per heavy atom. The first kappa shape index (κ1) is 15.7. The number of piperidine rings is 1. The van der Waals surface area contributed by atoms with Gasteiger partial charge < -0.3 is 4.74 Å². The minimum absolute atomic E-state index is 0.0542. The molecule has 0 unspecified atom stereocenters. The molecule has 0 amide bonds. The molecule has 0 bridgehead atoms. The van der Waals surface area contributed by atoms with E-state index in [9.17, 15) is 8.78 Å². The number of hydrogen-bond acceptors (Lipinski definition) is 2. The monoisotopic (exact) mass is 347 g/mol. The molecule has 0 atom stereocenters. The average Bonchev–Trinajstić information content (AvgIpc) is 2.36. The van der Waals surface area contributed by atoms with Gasteiger partial charge in [-0.25, -0.2) is 8.78 Å². The van der Waals surface area contributed by atoms with Crippen LogP contribution in [0.3, 0.4) is 0 Å². The molecule has 1 heterocycles. The van der Waals surface area contributed by atoms with E-state index in [-0.39, 0.29) is 18.9 Å². The molecule has 0 spiro atoms. The number of ether oxygens (including phenoxy) is 1. The van der Waals surface area contributed by atoms with Crippen LogP contribution in [0.2, 0.25) is 0 Å². The molecule has 112 valence electrons. The van der Waals surface area contributed by atoms with Gasteiger partial charge in [0.2, 0.25) is 0 Å². The van der Waals surface area contributed by atoms with Gasteiger partial charge in [-0.05, 0) is 35.8 Å². The molecule has 1 aromatic rings. The zero-order valence-corrected chi connectivity index (χ0v) is 13.4. The van der Waals surface area contributed by atoms with Crippen LogP contribution in [0, 0.1) is 0 Å². The van der Waals surface area contributed by atoms with E-state index in [0.717, 1.165) is 15.8 Å². The van der Waals surface area contributed by atoms with Gasteiger partial charge in [0.05, 0.1) is 10.6 Å². The normalized spacial score (nSPS) is 19.3. The number of likely N-dealkylation sites (tertiary alicyclic amines) is 1. The van der Waals surface area contributed by atoms with Crippen molar-refractivity contribution in [1.29, 1.82) is 0 Å². The first-order valence-electron chi connectivity index (χ1n) is 6.91. The van der Waals surface area contributed by atoms with E-state index in [2.05, 4.69) is 20.8 Å². The Balaban J connectivity index is 2.08. The quantitative estimate of drug-likeness (QED) is 0.796. The number of para-hydroxylation sites is 1. The SMILES string of the molecule is CC(C)Oc1c(Br)cccc1CN1CCC(F)(F)CC1. The molecule has 1 aliphatic heterocycles. The van der Waals surface area contributed by atoms with Crippen LogP contribution in [0.1, 0.15) is 32.3 Å². The molecule has 2 nitrogen and oxygen atoms in total. The lowest BCUT2D eigenvalue weighted by atomic mass is 10.1. The van der Waals surface area contributed by atoms with E-state index in [0.29, 0.717) is 19.6 Å². The van der Waals surface area contributed by atoms with Gasteiger partial charge in [-0.2, -0.15) is 0 Å². The number of halogens is 3. The van der Waals surface area contributed by atoms with E-state index >= 15 is 0 Å². The molecule has 20 heavy (non-hydrogen) atoms. The van der Waals surface area contributed by atoms with Gasteiger partial charge in [-0.1, -0.05) is 12.1 Å². The molecule has 1 aliphatic rings. The number of alkyl halides is 2. The lowest BCUT2D eigenvalue weighted by molar-refractivity contribution is -0.0567. The molecule has 1 saturated heterocycles. The molecule has 1 aromatic carbocycles. The highest BCUT2D eigenvalue weighted by molar-refractivity contribution is 9.10. The summed E-state index contributed by atoms with van der Waals surface area (Å²) in [6.07, 6.45) is -0.0268. The molecule has 5 heteroatoms. The molecule has 0 saturated carbocycles. The second-order valence-corrected chi connectivity index (χ2v) is 6.38. The highest BCUT2D eigenvalue weighted by Gasteiger charge is 2.34. The fourth-order valence-electron chi connectivity index (χ4n) is 2.32. The Morgan fingerprint density at radius 3 is 2.55 bits per heavy atom. The Labute approximate surface area is 127 Å². The molecule has 0 aliphatic carbocycles. The van der Waals surface area contributed by atoms with Gasteiger partial charge in [-0.3, -0.25) is 4.90 Å². The summed E-state index contributed by atoms with van der Waals surface area (Å²) >= 11 is 3.50. The van der Waals surface area contributed by atoms with Crippen LogP contribution in [0.15, 0.2) is 22.7 Å². The summed E-state index contributed by atoms with van der Waals surface area (Å²) in [6, 6.07) is 5.88. The summed E-state index contributed by atoms with van der Waals surface area (Å²) in [7, 11) is 0. The predicted octanol–water partition coefficient (Wildman–Crippen LogP) is 4.47. The average molecular weight is 348 g/mol. The van der Waals surface area contributed by atoms with E-state index in [1.807, 2.05) is 32.0 Å². The van der Waals surface area contributed by atoms with Gasteiger partial charge in [0.15, 0.2) is 0 Å². The van der Waals surface area contributed by atoms with Crippen molar-refractivity contribution in [2.24, 2.45) is 0 Å². The number of benzene rings is 1. The van der Waals surface area contributed by atoms with Crippen LogP contribution >= 0.6 is 15.9 Å². The van der Waals surface area contributed by atoms with Crippen molar-refractivity contribution < 1.29 is 13.5 Å². The van der Waals surface area contributed by atoms with Crippen LogP contribution < -0.4 is 4.74 Å². The summed E-state index contributed by atoms with van der Waals surface area (Å²) in [5, 5.41) is 0. The summed E-state index contributed by atoms with van der Waals surface area (Å²) < 4.78 is 33.1. The van der Waals surface area contributed by atoms with Crippen molar-refractivity contribution in [3.05, 3.63) is 28.2 Å². The first-order chi connectivity index (χ1) is 9.37. The fraction of sp³-hybridized carbons (Fsp3) is 0.600. The van der Waals surface area contributed by atoms with E-state index in [4.69, 9.17) is 4.74 Å². The third-order valence-corrected chi connectivity index (χ3v) is 4.01. The third kappa shape index (κ3) is 4.16. The number of hydrogen-bond donors (Lipinski definition) is 0. The van der Waals surface area contributed by atoms with Crippen LogP contribution in [0.25, 0.3) is 0 Å². The summed E-state index contributed by atoms with van der Waals surface area (Å²) in [4.78, 5) is 2.06. The maximum atomic E-state index is 13.2. The summed E-state index contributed by atoms with van der Waals surface area (Å²) in [6.45, 7) is 5.47. The standard InChI is InChI=1S/C15H20BrF2NO/c1-11(2)20-14-12(4-3-5-13(14)16)10-19-8-6-15(17,18)7-9-19/h3-5,11H,6-10H2,1-2H3. The predicted molar refractivity (Wildman–Crippen MR) is 79.4 cm³/mol. The third-order valence-electron chi connectivity index (χ3n) is 3.38. The molecule has 0 radical (unpaired) electrons. The molecule has 0 aromatic heterocycles. The van der Waals surface area contributed by atoms with Gasteiger partial charge >= 0.3 is 0 Å². The molecule has 1 fully saturated rings. The maximum Gasteiger partial charge on any atom is 0.250 e. The Morgan fingerprint density at radius 2 is 1.95 bits per heavy atom. The first-order valence-corrected chi connectivity index (χ1v) is 7.71. The smallest absolute Gasteiger partial charge is 0.250 e. The Bertz CT molecular complexity index is 455. The lowest BCUT2D eigenvalue weighted by Gasteiger charge is -2.32. The molecular weight excluding hydrogens is 328 g/mol. The van der Waals surface area contributed by atoms with Gasteiger partial charge in [0.1, 0.15) is 5.75 Å². The van der Waals surface area contributed by atoms with E-state index < -0.39 is 5.92 Å². The zero-order valence-electron chi connectivity index (χ0n) is 11.8. The van der Waals surface area contributed by atoms with Crippen LogP contribution in [-0.4, -0.2) is 30.0 Å². The Kier molecular flexibility index (Phi) is 5.02. The van der Waals surface area contributed by atoms with Gasteiger partial charge in [-0.15, -0.1) is 0 Å². The minimum atomic E-state index is -2.50. The zero-order chi connectivity index (χ0) is 14.8. The highest BCUT2D eigenvalue weighted by Crippen LogP contribution is 2.33. The van der Waals surface area contributed by atoms with Crippen molar-refractivity contribution in [2.75, 3.05) is 13.1 Å². The fourth-order valence-corrected chi connectivity index (χ4v) is 2.83. The molecule has 2 rings (SSSR count). The topological polar surface area (TPSA) is 12.5 Å². The minimum Gasteiger partial charge on any atom is -0.489 e. The largest absolute Gasteiger partial charge is 0.489 e. The van der Waals surface area contributed by atoms with Crippen molar-refractivity contribution in [3.63, 3.8) is 0 Å². The van der Waals surface area contributed by atoms with E-state index in [1.165, 1.54) is 0 Å². The number of rotatable bonds is 4. The lowest BCUT2D eigenvalue weighted by Crippen LogP contribution is -2.38. The van der Waals surface area contributed by atoms with Gasteiger partial charge in [0, 0.05) is 38.0 Å². The van der Waals surface area contributed by atoms with Crippen molar-refractivity contribution in [2.45, 2.75) is 45.3 Å². The molecule has 0 N–H and O–H groups in total. The van der Waals surface area contributed by atoms with Crippen LogP contribution in [-0.2, 0) is 6.54 Å². The van der Waals surface area contributed by atoms with Gasteiger partial charge in [0.25, 0.3) is 5.92 Å². The van der Waals surface area contributed by atoms with Crippen molar-refractivity contribution in [1.82, 2.24) is 4.90 Å². The summed E-state index contributed by atoms with van der Waals surface area (Å²) in [5.74, 6) is -1.68. The maximum absolute atomic E-state index is 13.2. The van der Waals surface area contributed by atoms with Crippen molar-refractivity contribution >= 4 is 15.9 Å². The second-order valence-electron chi connectivity index (χ2n) is 5.53. The highest BCUT2D eigenvalue weighted by atomic mass is 79.9. The van der Waals surface area contributed by atoms with E-state index in [1.54, 1.807) is 0 Å². The Hall–Kier alpha value is -0.680. The van der Waals surface area contributed by atoms with Crippen LogP contribution in [0.4, 0.5) is 8.78 Å². The second kappa shape index (κ2) is 6.39. The number of nitrogens with zero attached hydrogens (tertiary/aromatic N) is 1. The summed E-state index contributed by atoms with van der Waals surface area (Å²) in [5.41, 5.74) is 1.04. The van der Waals surface area contributed by atoms with Crippen LogP contribution in [0.5, 0.6) is 5.75 Å². The van der Waals surface area contributed by atoms with Crippen molar-refractivity contribution in [3.8, 4) is 5.75 Å².